The molecule has 0 saturated carbocycles. The fraction of sp³-hybridized carbons (Fsp3) is 0.367. The van der Waals surface area contributed by atoms with Crippen molar-refractivity contribution in [2.24, 2.45) is 0 Å². The first kappa shape index (κ1) is 47.3. The summed E-state index contributed by atoms with van der Waals surface area (Å²) in [6.45, 7) is 7.87. The standard InChI is InChI=1S/C49H51FN6O9S2/c1-6-49(63)38-18-41-42-34(20-56(41)46(60)36(38)22-64-47(49)61)37(33-17-25(2)39(50)19-40(33)55-42)23-66-15-16-67-24-51-43(57)26(3)52-44(58)27(4)53-45(59)28(5)54-48(62)65-21-35-31-13-9-7-11-29(31)30-12-8-10-14-32(30)35/h7-14,17-19,26-28,35,63H,6,15-16,20-24H2,1-5H3,(H,51,57)(H,52,58)(H,53,59)(H,54,62)/t26-,27-,28-,49-/m0/s1. The van der Waals surface area contributed by atoms with E-state index >= 15 is 0 Å². The van der Waals surface area contributed by atoms with Crippen LogP contribution in [0.3, 0.4) is 0 Å². The van der Waals surface area contributed by atoms with Gasteiger partial charge >= 0.3 is 12.1 Å². The third-order valence-corrected chi connectivity index (χ3v) is 14.7. The Bertz CT molecular complexity index is 2850. The second-order valence-electron chi connectivity index (χ2n) is 16.9. The third kappa shape index (κ3) is 9.26. The number of aromatic nitrogens is 2. The molecule has 0 spiro atoms. The molecule has 4 amide bonds. The van der Waals surface area contributed by atoms with Crippen LogP contribution in [0.1, 0.15) is 79.0 Å². The lowest BCUT2D eigenvalue weighted by atomic mass is 9.86. The van der Waals surface area contributed by atoms with Crippen molar-refractivity contribution in [3.05, 3.63) is 122 Å². The molecule has 0 unspecified atom stereocenters. The SMILES string of the molecule is CC[C@@]1(O)C(=O)OCc2c1cc1n(c2=O)Cc2c-1nc1cc(F)c(C)cc1c2CSCCSCNC(=O)[C@H](C)NC(=O)[C@H](C)NC(=O)[C@H](C)NC(=O)OCC1c2ccccc2-c2ccccc21. The van der Waals surface area contributed by atoms with E-state index in [1.54, 1.807) is 42.3 Å². The van der Waals surface area contributed by atoms with Crippen molar-refractivity contribution in [3.63, 3.8) is 0 Å². The number of hydrogen-bond donors (Lipinski definition) is 5. The topological polar surface area (TPSA) is 207 Å². The number of pyridine rings is 2. The van der Waals surface area contributed by atoms with Crippen LogP contribution in [0, 0.1) is 12.7 Å². The molecule has 350 valence electrons. The lowest BCUT2D eigenvalue weighted by Crippen LogP contribution is -2.54. The molecule has 1 aliphatic carbocycles. The van der Waals surface area contributed by atoms with Crippen LogP contribution in [0.4, 0.5) is 9.18 Å². The molecule has 2 aromatic heterocycles. The Hall–Kier alpha value is -6.24. The molecule has 8 rings (SSSR count). The van der Waals surface area contributed by atoms with E-state index in [2.05, 4.69) is 21.3 Å². The van der Waals surface area contributed by atoms with Crippen molar-refractivity contribution < 1.29 is 42.9 Å². The number of thioether (sulfide) groups is 2. The molecule has 0 saturated heterocycles. The Morgan fingerprint density at radius 3 is 2.19 bits per heavy atom. The Labute approximate surface area is 394 Å². The molecule has 0 bridgehead atoms. The van der Waals surface area contributed by atoms with Gasteiger partial charge in [-0.05, 0) is 79.6 Å². The fourth-order valence-electron chi connectivity index (χ4n) is 8.79. The second-order valence-corrected chi connectivity index (χ2v) is 19.1. The zero-order chi connectivity index (χ0) is 47.7. The van der Waals surface area contributed by atoms with Crippen molar-refractivity contribution in [1.82, 2.24) is 30.8 Å². The summed E-state index contributed by atoms with van der Waals surface area (Å²) in [7, 11) is 0. The lowest BCUT2D eigenvalue weighted by molar-refractivity contribution is -0.172. The molecule has 4 atom stereocenters. The largest absolute Gasteiger partial charge is 0.458 e. The maximum Gasteiger partial charge on any atom is 0.407 e. The molecule has 0 radical (unpaired) electrons. The minimum absolute atomic E-state index is 0.0129. The van der Waals surface area contributed by atoms with E-state index in [0.717, 1.165) is 38.8 Å². The Balaban J connectivity index is 0.783. The van der Waals surface area contributed by atoms with E-state index in [-0.39, 0.29) is 54.7 Å². The predicted octanol–water partition coefficient (Wildman–Crippen LogP) is 5.50. The molecule has 3 aromatic carbocycles. The third-order valence-electron chi connectivity index (χ3n) is 12.6. The van der Waals surface area contributed by atoms with Crippen molar-refractivity contribution in [1.29, 1.82) is 0 Å². The molecule has 67 heavy (non-hydrogen) atoms. The summed E-state index contributed by atoms with van der Waals surface area (Å²) in [5, 5.41) is 22.6. The predicted molar refractivity (Wildman–Crippen MR) is 254 cm³/mol. The fourth-order valence-corrected chi connectivity index (χ4v) is 10.8. The average molecular weight is 951 g/mol. The molecule has 5 aromatic rings. The minimum Gasteiger partial charge on any atom is -0.458 e. The number of alkyl carbamates (subject to hydrolysis) is 1. The van der Waals surface area contributed by atoms with E-state index in [1.807, 2.05) is 48.5 Å². The van der Waals surface area contributed by atoms with E-state index in [4.69, 9.17) is 14.5 Å². The Morgan fingerprint density at radius 2 is 1.52 bits per heavy atom. The van der Waals surface area contributed by atoms with Gasteiger partial charge in [0.25, 0.3) is 5.56 Å². The number of carbonyl (C=O) groups is 5. The summed E-state index contributed by atoms with van der Waals surface area (Å²) in [5.41, 5.74) is 5.92. The number of rotatable bonds is 16. The second kappa shape index (κ2) is 19.5. The zero-order valence-electron chi connectivity index (χ0n) is 37.6. The van der Waals surface area contributed by atoms with Gasteiger partial charge in [-0.25, -0.2) is 19.0 Å². The van der Waals surface area contributed by atoms with Gasteiger partial charge in [0.05, 0.1) is 34.9 Å². The van der Waals surface area contributed by atoms with Crippen LogP contribution in [-0.2, 0) is 53.2 Å². The van der Waals surface area contributed by atoms with E-state index in [9.17, 15) is 38.3 Å². The van der Waals surface area contributed by atoms with E-state index < -0.39 is 59.3 Å². The van der Waals surface area contributed by atoms with Gasteiger partial charge in [-0.1, -0.05) is 55.5 Å². The first-order valence-electron chi connectivity index (χ1n) is 22.0. The summed E-state index contributed by atoms with van der Waals surface area (Å²) in [6, 6.07) is 17.8. The number of aryl methyl sites for hydroxylation is 1. The highest BCUT2D eigenvalue weighted by Gasteiger charge is 2.45. The van der Waals surface area contributed by atoms with Gasteiger partial charge < -0.3 is 40.4 Å². The lowest BCUT2D eigenvalue weighted by Gasteiger charge is -2.31. The molecule has 4 heterocycles. The summed E-state index contributed by atoms with van der Waals surface area (Å²) in [4.78, 5) is 82.7. The van der Waals surface area contributed by atoms with Gasteiger partial charge in [0.1, 0.15) is 37.2 Å². The number of carbonyl (C=O) groups excluding carboxylic acids is 5. The smallest absolute Gasteiger partial charge is 0.407 e. The molecule has 5 N–H and O–H groups in total. The van der Waals surface area contributed by atoms with Crippen molar-refractivity contribution in [2.75, 3.05) is 24.0 Å². The number of aliphatic hydroxyl groups is 1. The maximum atomic E-state index is 14.9. The van der Waals surface area contributed by atoms with Gasteiger partial charge in [0.2, 0.25) is 17.7 Å². The first-order chi connectivity index (χ1) is 32.1. The molecule has 15 nitrogen and oxygen atoms in total. The number of nitrogens with one attached hydrogen (secondary N) is 4. The van der Waals surface area contributed by atoms with E-state index in [1.165, 1.54) is 38.6 Å². The van der Waals surface area contributed by atoms with E-state index in [0.29, 0.717) is 39.7 Å². The molecule has 3 aliphatic rings. The highest BCUT2D eigenvalue weighted by atomic mass is 32.2. The number of nitrogens with zero attached hydrogens (tertiary/aromatic N) is 2. The molecular formula is C49H51FN6O9S2. The van der Waals surface area contributed by atoms with Crippen LogP contribution in [0.15, 0.2) is 71.5 Å². The average Bonchev–Trinajstić information content (AvgIpc) is 3.84. The Kier molecular flexibility index (Phi) is 13.8. The van der Waals surface area contributed by atoms with Crippen molar-refractivity contribution in [3.8, 4) is 22.5 Å². The highest BCUT2D eigenvalue weighted by Crippen LogP contribution is 2.45. The van der Waals surface area contributed by atoms with Crippen LogP contribution in [0.2, 0.25) is 0 Å². The number of cyclic esters (lactones) is 1. The quantitative estimate of drug-likeness (QED) is 0.0463. The normalized spacial score (nSPS) is 16.9. The number of hydrogen-bond acceptors (Lipinski definition) is 12. The number of esters is 1. The van der Waals surface area contributed by atoms with Crippen LogP contribution < -0.4 is 26.8 Å². The van der Waals surface area contributed by atoms with Gasteiger partial charge in [-0.2, -0.15) is 11.8 Å². The van der Waals surface area contributed by atoms with Crippen LogP contribution in [0.25, 0.3) is 33.4 Å². The molecule has 18 heteroatoms. The molecule has 0 fully saturated rings. The Morgan fingerprint density at radius 1 is 0.896 bits per heavy atom. The number of halogens is 1. The monoisotopic (exact) mass is 950 g/mol. The van der Waals surface area contributed by atoms with Gasteiger partial charge in [-0.3, -0.25) is 19.2 Å². The van der Waals surface area contributed by atoms with Crippen molar-refractivity contribution in [2.45, 2.75) is 89.6 Å². The summed E-state index contributed by atoms with van der Waals surface area (Å²) >= 11 is 3.11. The molecule has 2 aliphatic heterocycles. The minimum atomic E-state index is -1.97. The summed E-state index contributed by atoms with van der Waals surface area (Å²) < 4.78 is 27.2. The van der Waals surface area contributed by atoms with Gasteiger partial charge in [0, 0.05) is 45.8 Å². The van der Waals surface area contributed by atoms with Crippen molar-refractivity contribution >= 4 is 64.2 Å². The number of amides is 4. The van der Waals surface area contributed by atoms with Gasteiger partial charge in [0.15, 0.2) is 5.60 Å². The van der Waals surface area contributed by atoms with Crippen LogP contribution in [-0.4, -0.2) is 86.6 Å². The first-order valence-corrected chi connectivity index (χ1v) is 24.4. The maximum absolute atomic E-state index is 14.9. The van der Waals surface area contributed by atoms with Crippen LogP contribution >= 0.6 is 23.5 Å². The number of ether oxygens (including phenoxy) is 2. The highest BCUT2D eigenvalue weighted by molar-refractivity contribution is 8.02. The zero-order valence-corrected chi connectivity index (χ0v) is 39.3. The molecular weight excluding hydrogens is 900 g/mol. The number of benzene rings is 3. The summed E-state index contributed by atoms with van der Waals surface area (Å²) in [6.07, 6.45) is -0.755. The number of fused-ring (bicyclic) bond motifs is 8. The van der Waals surface area contributed by atoms with Gasteiger partial charge in [-0.15, -0.1) is 11.8 Å². The summed E-state index contributed by atoms with van der Waals surface area (Å²) in [5.74, 6) is -0.836. The van der Waals surface area contributed by atoms with Crippen LogP contribution in [0.5, 0.6) is 0 Å².